The van der Waals surface area contributed by atoms with E-state index in [1.54, 1.807) is 0 Å². The standard InChI is InChI=1S/C11H8F2N2O/c1-6-10(14-5-15-11(6)16)8-4-7(12)2-3-9(8)13/h2-5H,1H3,(H,14,15,16). The zero-order valence-electron chi connectivity index (χ0n) is 8.42. The molecule has 16 heavy (non-hydrogen) atoms. The van der Waals surface area contributed by atoms with E-state index in [1.807, 2.05) is 0 Å². The molecule has 0 aliphatic rings. The molecule has 2 rings (SSSR count). The number of hydrogen-bond acceptors (Lipinski definition) is 2. The summed E-state index contributed by atoms with van der Waals surface area (Å²) in [6, 6.07) is 3.04. The topological polar surface area (TPSA) is 45.8 Å². The second kappa shape index (κ2) is 3.84. The minimum absolute atomic E-state index is 0.0106. The van der Waals surface area contributed by atoms with Crippen molar-refractivity contribution in [1.29, 1.82) is 0 Å². The maximum Gasteiger partial charge on any atom is 0.254 e. The first-order valence-electron chi connectivity index (χ1n) is 4.59. The van der Waals surface area contributed by atoms with Crippen LogP contribution >= 0.6 is 0 Å². The van der Waals surface area contributed by atoms with Gasteiger partial charge in [0, 0.05) is 11.1 Å². The number of aromatic amines is 1. The highest BCUT2D eigenvalue weighted by atomic mass is 19.1. The van der Waals surface area contributed by atoms with Gasteiger partial charge in [0.15, 0.2) is 0 Å². The van der Waals surface area contributed by atoms with Gasteiger partial charge in [-0.3, -0.25) is 4.79 Å². The Morgan fingerprint density at radius 1 is 1.31 bits per heavy atom. The van der Waals surface area contributed by atoms with Crippen LogP contribution in [0.1, 0.15) is 5.56 Å². The highest BCUT2D eigenvalue weighted by Crippen LogP contribution is 2.22. The smallest absolute Gasteiger partial charge is 0.254 e. The monoisotopic (exact) mass is 222 g/mol. The number of nitrogens with one attached hydrogen (secondary N) is 1. The van der Waals surface area contributed by atoms with E-state index in [1.165, 1.54) is 6.92 Å². The molecule has 0 spiro atoms. The van der Waals surface area contributed by atoms with Crippen molar-refractivity contribution in [3.8, 4) is 11.3 Å². The summed E-state index contributed by atoms with van der Waals surface area (Å²) in [6.07, 6.45) is 1.16. The number of aromatic nitrogens is 2. The van der Waals surface area contributed by atoms with Gasteiger partial charge in [-0.15, -0.1) is 0 Å². The Balaban J connectivity index is 2.72. The summed E-state index contributed by atoms with van der Waals surface area (Å²) in [6.45, 7) is 1.51. The van der Waals surface area contributed by atoms with Crippen LogP contribution in [-0.4, -0.2) is 9.97 Å². The average Bonchev–Trinajstić information content (AvgIpc) is 2.26. The van der Waals surface area contributed by atoms with Crippen LogP contribution in [0.25, 0.3) is 11.3 Å². The summed E-state index contributed by atoms with van der Waals surface area (Å²) in [7, 11) is 0. The largest absolute Gasteiger partial charge is 0.313 e. The van der Waals surface area contributed by atoms with E-state index in [4.69, 9.17) is 0 Å². The van der Waals surface area contributed by atoms with E-state index in [2.05, 4.69) is 9.97 Å². The molecule has 1 heterocycles. The summed E-state index contributed by atoms with van der Waals surface area (Å²) in [5.74, 6) is -1.18. The first-order valence-corrected chi connectivity index (χ1v) is 4.59. The minimum atomic E-state index is -0.609. The van der Waals surface area contributed by atoms with Crippen LogP contribution in [0.4, 0.5) is 8.78 Å². The quantitative estimate of drug-likeness (QED) is 0.802. The van der Waals surface area contributed by atoms with Gasteiger partial charge in [0.2, 0.25) is 0 Å². The second-order valence-electron chi connectivity index (χ2n) is 3.33. The van der Waals surface area contributed by atoms with Crippen LogP contribution in [-0.2, 0) is 0 Å². The van der Waals surface area contributed by atoms with Crippen LogP contribution in [0.3, 0.4) is 0 Å². The third-order valence-corrected chi connectivity index (χ3v) is 2.27. The number of nitrogens with zero attached hydrogens (tertiary/aromatic N) is 1. The number of hydrogen-bond donors (Lipinski definition) is 1. The van der Waals surface area contributed by atoms with Gasteiger partial charge in [0.25, 0.3) is 5.56 Å². The van der Waals surface area contributed by atoms with Crippen LogP contribution in [0, 0.1) is 18.6 Å². The molecule has 1 N–H and O–H groups in total. The molecule has 0 saturated carbocycles. The molecule has 0 aliphatic carbocycles. The maximum atomic E-state index is 13.4. The minimum Gasteiger partial charge on any atom is -0.313 e. The fourth-order valence-electron chi connectivity index (χ4n) is 1.42. The molecular weight excluding hydrogens is 214 g/mol. The molecule has 0 amide bonds. The fourth-order valence-corrected chi connectivity index (χ4v) is 1.42. The van der Waals surface area contributed by atoms with E-state index < -0.39 is 11.6 Å². The van der Waals surface area contributed by atoms with E-state index in [9.17, 15) is 13.6 Å². The average molecular weight is 222 g/mol. The molecular formula is C11H8F2N2O. The zero-order valence-corrected chi connectivity index (χ0v) is 8.42. The van der Waals surface area contributed by atoms with Gasteiger partial charge >= 0.3 is 0 Å². The van der Waals surface area contributed by atoms with Crippen molar-refractivity contribution in [2.24, 2.45) is 0 Å². The molecule has 1 aromatic heterocycles. The zero-order chi connectivity index (χ0) is 11.7. The lowest BCUT2D eigenvalue weighted by Gasteiger charge is -2.04. The highest BCUT2D eigenvalue weighted by Gasteiger charge is 2.12. The Morgan fingerprint density at radius 2 is 2.06 bits per heavy atom. The van der Waals surface area contributed by atoms with Gasteiger partial charge in [-0.2, -0.15) is 0 Å². The lowest BCUT2D eigenvalue weighted by Crippen LogP contribution is -2.11. The molecule has 5 heteroatoms. The molecule has 0 radical (unpaired) electrons. The number of halogens is 2. The lowest BCUT2D eigenvalue weighted by molar-refractivity contribution is 0.602. The SMILES string of the molecule is Cc1c(-c2cc(F)ccc2F)nc[nH]c1=O. The summed E-state index contributed by atoms with van der Waals surface area (Å²) in [5.41, 5.74) is 0.0324. The summed E-state index contributed by atoms with van der Waals surface area (Å²) in [4.78, 5) is 17.5. The molecule has 0 fully saturated rings. The van der Waals surface area contributed by atoms with Crippen LogP contribution < -0.4 is 5.56 Å². The lowest BCUT2D eigenvalue weighted by atomic mass is 10.1. The van der Waals surface area contributed by atoms with Crippen LogP contribution in [0.2, 0.25) is 0 Å². The summed E-state index contributed by atoms with van der Waals surface area (Å²) >= 11 is 0. The second-order valence-corrected chi connectivity index (χ2v) is 3.33. The van der Waals surface area contributed by atoms with E-state index in [0.29, 0.717) is 0 Å². The van der Waals surface area contributed by atoms with Crippen molar-refractivity contribution >= 4 is 0 Å². The molecule has 0 atom stereocenters. The van der Waals surface area contributed by atoms with Gasteiger partial charge in [-0.05, 0) is 25.1 Å². The highest BCUT2D eigenvalue weighted by molar-refractivity contribution is 5.62. The Bertz CT molecular complexity index is 593. The molecule has 82 valence electrons. The van der Waals surface area contributed by atoms with E-state index in [-0.39, 0.29) is 22.4 Å². The Labute approximate surface area is 89.8 Å². The molecule has 0 unspecified atom stereocenters. The predicted octanol–water partition coefficient (Wildman–Crippen LogP) is 2.02. The molecule has 0 bridgehead atoms. The van der Waals surface area contributed by atoms with Gasteiger partial charge in [-0.25, -0.2) is 13.8 Å². The van der Waals surface area contributed by atoms with Crippen LogP contribution in [0.15, 0.2) is 29.3 Å². The first-order chi connectivity index (χ1) is 7.59. The third-order valence-electron chi connectivity index (χ3n) is 2.27. The molecule has 1 aromatic carbocycles. The van der Waals surface area contributed by atoms with Crippen molar-refractivity contribution in [3.63, 3.8) is 0 Å². The van der Waals surface area contributed by atoms with Crippen molar-refractivity contribution in [3.05, 3.63) is 52.1 Å². The Hall–Kier alpha value is -2.04. The molecule has 3 nitrogen and oxygen atoms in total. The first kappa shape index (κ1) is 10.5. The maximum absolute atomic E-state index is 13.4. The van der Waals surface area contributed by atoms with Gasteiger partial charge in [0.05, 0.1) is 12.0 Å². The van der Waals surface area contributed by atoms with Gasteiger partial charge in [-0.1, -0.05) is 0 Å². The van der Waals surface area contributed by atoms with Crippen molar-refractivity contribution in [2.45, 2.75) is 6.92 Å². The summed E-state index contributed by atoms with van der Waals surface area (Å²) < 4.78 is 26.4. The van der Waals surface area contributed by atoms with Crippen molar-refractivity contribution < 1.29 is 8.78 Å². The normalized spacial score (nSPS) is 10.4. The third kappa shape index (κ3) is 1.71. The Kier molecular flexibility index (Phi) is 2.52. The molecule has 0 saturated heterocycles. The van der Waals surface area contributed by atoms with Crippen LogP contribution in [0.5, 0.6) is 0 Å². The number of rotatable bonds is 1. The Morgan fingerprint density at radius 3 is 2.81 bits per heavy atom. The van der Waals surface area contributed by atoms with Gasteiger partial charge < -0.3 is 4.98 Å². The van der Waals surface area contributed by atoms with E-state index >= 15 is 0 Å². The summed E-state index contributed by atoms with van der Waals surface area (Å²) in [5, 5.41) is 0. The molecule has 0 aliphatic heterocycles. The van der Waals surface area contributed by atoms with E-state index in [0.717, 1.165) is 24.5 Å². The number of H-pyrrole nitrogens is 1. The number of benzene rings is 1. The van der Waals surface area contributed by atoms with Gasteiger partial charge in [0.1, 0.15) is 11.6 Å². The van der Waals surface area contributed by atoms with Crippen molar-refractivity contribution in [2.75, 3.05) is 0 Å². The fraction of sp³-hybridized carbons (Fsp3) is 0.0909. The predicted molar refractivity (Wildman–Crippen MR) is 54.9 cm³/mol. The molecule has 2 aromatic rings. The van der Waals surface area contributed by atoms with Crippen molar-refractivity contribution in [1.82, 2.24) is 9.97 Å².